The van der Waals surface area contributed by atoms with E-state index >= 15 is 0 Å². The summed E-state index contributed by atoms with van der Waals surface area (Å²) in [6.07, 6.45) is 6.33. The van der Waals surface area contributed by atoms with Crippen molar-refractivity contribution in [2.24, 2.45) is 0 Å². The van der Waals surface area contributed by atoms with Crippen LogP contribution < -0.4 is 0 Å². The molecule has 0 bridgehead atoms. The molecule has 51 valence electrons. The second-order valence-corrected chi connectivity index (χ2v) is 1.35. The molecule has 0 aliphatic heterocycles. The molecular weight excluding hydrogens is 111 g/mol. The van der Waals surface area contributed by atoms with Crippen molar-refractivity contribution < 1.29 is 4.79 Å². The lowest BCUT2D eigenvalue weighted by molar-refractivity contribution is -0.104. The van der Waals surface area contributed by atoms with Crippen LogP contribution >= 0.6 is 0 Å². The average Bonchev–Trinajstić information content (AvgIpc) is 1.69. The number of carbonyl (C=O) groups is 1. The summed E-state index contributed by atoms with van der Waals surface area (Å²) < 4.78 is 0. The lowest BCUT2D eigenvalue weighted by Gasteiger charge is -1.76. The molecule has 0 saturated carbocycles. The Hall–Kier alpha value is -0.525. The molecule has 0 aliphatic rings. The Labute approximate surface area is 59.7 Å². The average molecular weight is 125 g/mol. The van der Waals surface area contributed by atoms with Crippen LogP contribution in [0.2, 0.25) is 0 Å². The van der Waals surface area contributed by atoms with Crippen molar-refractivity contribution in [1.82, 2.24) is 0 Å². The highest BCUT2D eigenvalue weighted by atomic mass is 16.1. The van der Waals surface area contributed by atoms with Gasteiger partial charge in [0.05, 0.1) is 0 Å². The maximum Gasteiger partial charge on any atom is 0.142 e. The number of aldehydes is 1. The number of unbranched alkanes of at least 4 members (excludes halogenated alkanes) is 1. The van der Waals surface area contributed by atoms with E-state index in [2.05, 4.69) is 6.92 Å². The molecule has 0 fully saturated rings. The molecule has 0 aliphatic carbocycles. The lowest BCUT2D eigenvalue weighted by Crippen LogP contribution is -1.61. The van der Waals surface area contributed by atoms with Crippen molar-refractivity contribution in [3.8, 4) is 0 Å². The third-order valence-electron chi connectivity index (χ3n) is 0.670. The Kier molecular flexibility index (Phi) is 27.5. The molecule has 0 heterocycles. The van der Waals surface area contributed by atoms with Crippen LogP contribution in [0.1, 0.15) is 27.2 Å². The third kappa shape index (κ3) is 18.6. The quantitative estimate of drug-likeness (QED) is 0.319. The van der Waals surface area contributed by atoms with Crippen molar-refractivity contribution in [1.29, 1.82) is 0 Å². The second kappa shape index (κ2) is 15.6. The molecule has 3 radical (unpaired) electrons. The maximum atomic E-state index is 9.59. The van der Waals surface area contributed by atoms with Gasteiger partial charge in [0.25, 0.3) is 0 Å². The van der Waals surface area contributed by atoms with Gasteiger partial charge in [-0.25, -0.2) is 0 Å². The zero-order valence-electron chi connectivity index (χ0n) is 5.13. The minimum Gasteiger partial charge on any atom is -0.299 e. The molecular formula is C7H14BO. The van der Waals surface area contributed by atoms with Gasteiger partial charge in [-0.3, -0.25) is 4.79 Å². The Bertz CT molecular complexity index is 69.3. The van der Waals surface area contributed by atoms with E-state index in [4.69, 9.17) is 0 Å². The Balaban J connectivity index is -0.000000180. The zero-order valence-corrected chi connectivity index (χ0v) is 5.13. The van der Waals surface area contributed by atoms with E-state index in [1.807, 2.05) is 6.08 Å². The number of carbonyl (C=O) groups excluding carboxylic acids is 1. The molecule has 0 aromatic heterocycles. The van der Waals surface area contributed by atoms with Crippen LogP contribution in [-0.4, -0.2) is 14.7 Å². The van der Waals surface area contributed by atoms with Gasteiger partial charge in [-0.15, -0.1) is 0 Å². The van der Waals surface area contributed by atoms with Crippen molar-refractivity contribution >= 4 is 14.7 Å². The Morgan fingerprint density at radius 3 is 2.33 bits per heavy atom. The molecule has 0 unspecified atom stereocenters. The summed E-state index contributed by atoms with van der Waals surface area (Å²) in [4.78, 5) is 9.59. The highest BCUT2D eigenvalue weighted by molar-refractivity contribution is 5.75. The predicted octanol–water partition coefficient (Wildman–Crippen LogP) is 1.80. The van der Waals surface area contributed by atoms with E-state index in [1.165, 1.54) is 6.08 Å². The first-order valence-electron chi connectivity index (χ1n) is 2.52. The molecule has 0 N–H and O–H groups in total. The van der Waals surface area contributed by atoms with E-state index in [0.717, 1.165) is 19.1 Å². The summed E-state index contributed by atoms with van der Waals surface area (Å²) >= 11 is 0. The standard InChI is InChI=1S/C6H10O.CH4.B/c1-2-3-4-5-6-7;;/h4-6H,2-3H2,1H3;1H4;/b5-4-;;. The monoisotopic (exact) mass is 125 g/mol. The molecule has 0 amide bonds. The largest absolute Gasteiger partial charge is 0.299 e. The van der Waals surface area contributed by atoms with Crippen LogP contribution in [0.3, 0.4) is 0 Å². The fraction of sp³-hybridized carbons (Fsp3) is 0.571. The summed E-state index contributed by atoms with van der Waals surface area (Å²) in [7, 11) is 0. The normalized spacial score (nSPS) is 7.67. The Morgan fingerprint density at radius 1 is 1.44 bits per heavy atom. The highest BCUT2D eigenvalue weighted by Gasteiger charge is 1.67. The predicted molar refractivity (Wildman–Crippen MR) is 42.6 cm³/mol. The molecule has 1 nitrogen and oxygen atoms in total. The number of allylic oxidation sites excluding steroid dienone is 2. The smallest absolute Gasteiger partial charge is 0.142 e. The van der Waals surface area contributed by atoms with Crippen LogP contribution in [-0.2, 0) is 4.79 Å². The molecule has 0 aromatic carbocycles. The van der Waals surface area contributed by atoms with E-state index in [9.17, 15) is 4.79 Å². The minimum absolute atomic E-state index is 0. The van der Waals surface area contributed by atoms with Crippen molar-refractivity contribution in [3.05, 3.63) is 12.2 Å². The minimum atomic E-state index is 0. The van der Waals surface area contributed by atoms with Crippen LogP contribution in [0.15, 0.2) is 12.2 Å². The van der Waals surface area contributed by atoms with Crippen molar-refractivity contribution in [2.45, 2.75) is 27.2 Å². The van der Waals surface area contributed by atoms with Gasteiger partial charge < -0.3 is 0 Å². The van der Waals surface area contributed by atoms with E-state index in [1.54, 1.807) is 0 Å². The molecule has 0 aromatic rings. The second-order valence-electron chi connectivity index (χ2n) is 1.35. The summed E-state index contributed by atoms with van der Waals surface area (Å²) in [6.45, 7) is 2.08. The first-order valence-corrected chi connectivity index (χ1v) is 2.52. The van der Waals surface area contributed by atoms with Crippen molar-refractivity contribution in [3.63, 3.8) is 0 Å². The van der Waals surface area contributed by atoms with Crippen LogP contribution in [0.4, 0.5) is 0 Å². The van der Waals surface area contributed by atoms with Gasteiger partial charge in [0.2, 0.25) is 0 Å². The fourth-order valence-corrected chi connectivity index (χ4v) is 0.318. The number of hydrogen-bond acceptors (Lipinski definition) is 1. The molecule has 0 spiro atoms. The van der Waals surface area contributed by atoms with Crippen LogP contribution in [0.5, 0.6) is 0 Å². The van der Waals surface area contributed by atoms with E-state index in [-0.39, 0.29) is 15.8 Å². The van der Waals surface area contributed by atoms with Crippen LogP contribution in [0.25, 0.3) is 0 Å². The summed E-state index contributed by atoms with van der Waals surface area (Å²) in [5.74, 6) is 0. The van der Waals surface area contributed by atoms with Gasteiger partial charge in [-0.1, -0.05) is 26.8 Å². The van der Waals surface area contributed by atoms with Gasteiger partial charge in [-0.2, -0.15) is 0 Å². The van der Waals surface area contributed by atoms with Gasteiger partial charge in [0.1, 0.15) is 6.29 Å². The van der Waals surface area contributed by atoms with Crippen LogP contribution in [0, 0.1) is 0 Å². The SMILES string of the molecule is C.CCC/C=C\C=O.[B]. The van der Waals surface area contributed by atoms with Gasteiger partial charge >= 0.3 is 0 Å². The topological polar surface area (TPSA) is 17.1 Å². The summed E-state index contributed by atoms with van der Waals surface area (Å²) in [5, 5.41) is 0. The van der Waals surface area contributed by atoms with E-state index in [0.29, 0.717) is 0 Å². The van der Waals surface area contributed by atoms with Crippen molar-refractivity contribution in [2.75, 3.05) is 0 Å². The summed E-state index contributed by atoms with van der Waals surface area (Å²) in [6, 6.07) is 0. The molecule has 9 heavy (non-hydrogen) atoms. The lowest BCUT2D eigenvalue weighted by atomic mass is 10.3. The van der Waals surface area contributed by atoms with Gasteiger partial charge in [-0.05, 0) is 12.5 Å². The highest BCUT2D eigenvalue weighted by Crippen LogP contribution is 1.85. The first kappa shape index (κ1) is 15.8. The summed E-state index contributed by atoms with van der Waals surface area (Å²) in [5.41, 5.74) is 0. The number of hydrogen-bond donors (Lipinski definition) is 0. The molecule has 0 atom stereocenters. The van der Waals surface area contributed by atoms with E-state index < -0.39 is 0 Å². The Morgan fingerprint density at radius 2 is 2.00 bits per heavy atom. The molecule has 2 heteroatoms. The molecule has 0 saturated heterocycles. The molecule has 0 rings (SSSR count). The first-order chi connectivity index (χ1) is 3.41. The fourth-order valence-electron chi connectivity index (χ4n) is 0.318. The zero-order chi connectivity index (χ0) is 5.54. The third-order valence-corrected chi connectivity index (χ3v) is 0.670. The maximum absolute atomic E-state index is 9.59. The van der Waals surface area contributed by atoms with Gasteiger partial charge in [0.15, 0.2) is 0 Å². The number of rotatable bonds is 3. The van der Waals surface area contributed by atoms with Gasteiger partial charge in [0, 0.05) is 8.41 Å².